The Morgan fingerprint density at radius 1 is 0.944 bits per heavy atom. The standard InChI is InChI=1S/C16H18Br2/c1-9-2-10-6-16(5-9)7-11(8-16)13-4-15(18)14(17)3-12(10)13/h3-4,9-11H,2,5-8H2,1H3. The Labute approximate surface area is 126 Å². The van der Waals surface area contributed by atoms with Gasteiger partial charge in [0.1, 0.15) is 0 Å². The fourth-order valence-corrected chi connectivity index (χ4v) is 5.78. The summed E-state index contributed by atoms with van der Waals surface area (Å²) in [5.74, 6) is 2.58. The van der Waals surface area contributed by atoms with Crippen LogP contribution in [0.2, 0.25) is 0 Å². The third kappa shape index (κ3) is 1.61. The predicted molar refractivity (Wildman–Crippen MR) is 82.0 cm³/mol. The van der Waals surface area contributed by atoms with Crippen LogP contribution in [0.5, 0.6) is 0 Å². The van der Waals surface area contributed by atoms with Crippen LogP contribution in [0.1, 0.15) is 62.0 Å². The van der Waals surface area contributed by atoms with Crippen LogP contribution in [-0.4, -0.2) is 0 Å². The summed E-state index contributed by atoms with van der Waals surface area (Å²) >= 11 is 7.37. The summed E-state index contributed by atoms with van der Waals surface area (Å²) in [6.07, 6.45) is 7.24. The molecule has 3 bridgehead atoms. The molecule has 0 radical (unpaired) electrons. The number of rotatable bonds is 0. The number of halogens is 2. The van der Waals surface area contributed by atoms with Gasteiger partial charge in [0.2, 0.25) is 0 Å². The van der Waals surface area contributed by atoms with E-state index in [9.17, 15) is 0 Å². The van der Waals surface area contributed by atoms with Gasteiger partial charge in [0, 0.05) is 8.95 Å². The average molecular weight is 370 g/mol. The first-order valence-corrected chi connectivity index (χ1v) is 8.64. The lowest BCUT2D eigenvalue weighted by atomic mass is 9.54. The smallest absolute Gasteiger partial charge is 0.0320 e. The Hall–Kier alpha value is 0.180. The second-order valence-corrected chi connectivity index (χ2v) is 8.66. The van der Waals surface area contributed by atoms with Crippen LogP contribution < -0.4 is 0 Å². The quantitative estimate of drug-likeness (QED) is 0.526. The number of benzene rings is 1. The maximum absolute atomic E-state index is 3.69. The van der Waals surface area contributed by atoms with Crippen LogP contribution in [-0.2, 0) is 0 Å². The topological polar surface area (TPSA) is 0 Å². The van der Waals surface area contributed by atoms with Crippen molar-refractivity contribution in [2.24, 2.45) is 11.3 Å². The van der Waals surface area contributed by atoms with Crippen LogP contribution in [0.15, 0.2) is 21.1 Å². The normalized spacial score (nSPS) is 40.7. The van der Waals surface area contributed by atoms with Crippen LogP contribution in [0, 0.1) is 11.3 Å². The van der Waals surface area contributed by atoms with Gasteiger partial charge in [-0.25, -0.2) is 0 Å². The van der Waals surface area contributed by atoms with Gasteiger partial charge in [0.25, 0.3) is 0 Å². The van der Waals surface area contributed by atoms with Crippen molar-refractivity contribution in [2.45, 2.75) is 50.9 Å². The fraction of sp³-hybridized carbons (Fsp3) is 0.625. The molecule has 2 unspecified atom stereocenters. The second kappa shape index (κ2) is 3.85. The Kier molecular flexibility index (Phi) is 2.56. The zero-order valence-corrected chi connectivity index (χ0v) is 13.9. The fourth-order valence-electron chi connectivity index (χ4n) is 5.06. The molecule has 0 N–H and O–H groups in total. The van der Waals surface area contributed by atoms with E-state index in [1.165, 1.54) is 41.0 Å². The van der Waals surface area contributed by atoms with Crippen molar-refractivity contribution >= 4 is 31.9 Å². The third-order valence-electron chi connectivity index (χ3n) is 5.51. The predicted octanol–water partition coefficient (Wildman–Crippen LogP) is 5.99. The molecule has 0 aromatic heterocycles. The molecule has 1 spiro atoms. The molecule has 0 amide bonds. The van der Waals surface area contributed by atoms with E-state index in [4.69, 9.17) is 0 Å². The molecule has 0 aliphatic heterocycles. The van der Waals surface area contributed by atoms with E-state index in [1.807, 2.05) is 0 Å². The molecule has 1 aromatic carbocycles. The lowest BCUT2D eigenvalue weighted by Gasteiger charge is -2.51. The van der Waals surface area contributed by atoms with Gasteiger partial charge in [-0.05, 0) is 110 Å². The molecule has 2 heteroatoms. The summed E-state index contributed by atoms with van der Waals surface area (Å²) in [6, 6.07) is 4.79. The van der Waals surface area contributed by atoms with Gasteiger partial charge in [0.05, 0.1) is 0 Å². The van der Waals surface area contributed by atoms with Crippen LogP contribution in [0.25, 0.3) is 0 Å². The van der Waals surface area contributed by atoms with Gasteiger partial charge in [-0.3, -0.25) is 0 Å². The molecule has 4 aliphatic carbocycles. The van der Waals surface area contributed by atoms with E-state index in [0.29, 0.717) is 5.41 Å². The molecule has 2 saturated carbocycles. The molecule has 18 heavy (non-hydrogen) atoms. The minimum Gasteiger partial charge on any atom is -0.0625 e. The zero-order valence-electron chi connectivity index (χ0n) is 10.7. The van der Waals surface area contributed by atoms with E-state index >= 15 is 0 Å². The lowest BCUT2D eigenvalue weighted by Crippen LogP contribution is -2.38. The first-order chi connectivity index (χ1) is 8.56. The zero-order chi connectivity index (χ0) is 12.5. The summed E-state index contributed by atoms with van der Waals surface area (Å²) < 4.78 is 2.46. The summed E-state index contributed by atoms with van der Waals surface area (Å²) in [7, 11) is 0. The maximum atomic E-state index is 3.69. The lowest BCUT2D eigenvalue weighted by molar-refractivity contribution is 0.0298. The Bertz CT molecular complexity index is 514. The van der Waals surface area contributed by atoms with Gasteiger partial charge >= 0.3 is 0 Å². The highest BCUT2D eigenvalue weighted by Gasteiger charge is 2.52. The third-order valence-corrected chi connectivity index (χ3v) is 7.36. The van der Waals surface area contributed by atoms with E-state index in [1.54, 1.807) is 11.1 Å². The van der Waals surface area contributed by atoms with E-state index in [2.05, 4.69) is 50.9 Å². The molecule has 2 fully saturated rings. The Morgan fingerprint density at radius 3 is 2.17 bits per heavy atom. The van der Waals surface area contributed by atoms with Crippen molar-refractivity contribution in [3.05, 3.63) is 32.2 Å². The molecule has 1 aromatic rings. The summed E-state index contributed by atoms with van der Waals surface area (Å²) in [6.45, 7) is 2.46. The SMILES string of the molecule is CC1CC2CC3(C1)CC(C3)c1cc(Br)c(Br)cc12. The molecule has 4 aliphatic rings. The Morgan fingerprint density at radius 2 is 1.50 bits per heavy atom. The molecule has 96 valence electrons. The minimum atomic E-state index is 0.713. The van der Waals surface area contributed by atoms with Gasteiger partial charge in [-0.1, -0.05) is 6.92 Å². The Balaban J connectivity index is 1.87. The van der Waals surface area contributed by atoms with Gasteiger partial charge in [-0.15, -0.1) is 0 Å². The van der Waals surface area contributed by atoms with E-state index in [-0.39, 0.29) is 0 Å². The highest BCUT2D eigenvalue weighted by atomic mass is 79.9. The highest BCUT2D eigenvalue weighted by Crippen LogP contribution is 2.66. The minimum absolute atomic E-state index is 0.713. The van der Waals surface area contributed by atoms with Crippen LogP contribution >= 0.6 is 31.9 Å². The second-order valence-electron chi connectivity index (χ2n) is 6.95. The van der Waals surface area contributed by atoms with Crippen LogP contribution in [0.4, 0.5) is 0 Å². The molecule has 0 saturated heterocycles. The van der Waals surface area contributed by atoms with Crippen molar-refractivity contribution in [1.29, 1.82) is 0 Å². The molecule has 0 heterocycles. The molecule has 5 rings (SSSR count). The van der Waals surface area contributed by atoms with Crippen molar-refractivity contribution < 1.29 is 0 Å². The average Bonchev–Trinajstić information content (AvgIpc) is 2.40. The summed E-state index contributed by atoms with van der Waals surface area (Å²) in [4.78, 5) is 0. The summed E-state index contributed by atoms with van der Waals surface area (Å²) in [5.41, 5.74) is 4.02. The van der Waals surface area contributed by atoms with Gasteiger partial charge < -0.3 is 0 Å². The summed E-state index contributed by atoms with van der Waals surface area (Å²) in [5, 5.41) is 0. The number of hydrogen-bond acceptors (Lipinski definition) is 0. The highest BCUT2D eigenvalue weighted by molar-refractivity contribution is 9.13. The first kappa shape index (κ1) is 12.0. The van der Waals surface area contributed by atoms with Crippen LogP contribution in [0.3, 0.4) is 0 Å². The maximum Gasteiger partial charge on any atom is 0.0320 e. The molecular weight excluding hydrogens is 352 g/mol. The molecule has 0 nitrogen and oxygen atoms in total. The van der Waals surface area contributed by atoms with Crippen molar-refractivity contribution in [3.63, 3.8) is 0 Å². The van der Waals surface area contributed by atoms with Gasteiger partial charge in [-0.2, -0.15) is 0 Å². The monoisotopic (exact) mass is 368 g/mol. The van der Waals surface area contributed by atoms with Crippen molar-refractivity contribution in [1.82, 2.24) is 0 Å². The van der Waals surface area contributed by atoms with Gasteiger partial charge in [0.15, 0.2) is 0 Å². The van der Waals surface area contributed by atoms with E-state index in [0.717, 1.165) is 17.8 Å². The first-order valence-electron chi connectivity index (χ1n) is 7.05. The largest absolute Gasteiger partial charge is 0.0625 e. The molecule has 2 atom stereocenters. The van der Waals surface area contributed by atoms with Crippen molar-refractivity contribution in [3.8, 4) is 0 Å². The molecular formula is C16H18Br2. The van der Waals surface area contributed by atoms with Crippen molar-refractivity contribution in [2.75, 3.05) is 0 Å². The van der Waals surface area contributed by atoms with E-state index < -0.39 is 0 Å². The number of hydrogen-bond donors (Lipinski definition) is 0.